The van der Waals surface area contributed by atoms with Gasteiger partial charge in [-0.25, -0.2) is 4.39 Å². The van der Waals surface area contributed by atoms with Gasteiger partial charge < -0.3 is 10.3 Å². The third-order valence-electron chi connectivity index (χ3n) is 3.02. The normalized spacial score (nSPS) is 10.8. The summed E-state index contributed by atoms with van der Waals surface area (Å²) >= 11 is 3.48. The Hall–Kier alpha value is -2.21. The van der Waals surface area contributed by atoms with E-state index in [2.05, 4.69) is 26.1 Å². The third-order valence-corrected chi connectivity index (χ3v) is 3.79. The fourth-order valence-electron chi connectivity index (χ4n) is 1.98. The number of rotatable bonds is 3. The van der Waals surface area contributed by atoms with Crippen molar-refractivity contribution in [1.82, 2.24) is 10.1 Å². The van der Waals surface area contributed by atoms with Crippen molar-refractivity contribution < 1.29 is 8.91 Å². The maximum absolute atomic E-state index is 13.0. The van der Waals surface area contributed by atoms with Crippen molar-refractivity contribution >= 4 is 21.6 Å². The Bertz CT molecular complexity index is 788. The van der Waals surface area contributed by atoms with Crippen molar-refractivity contribution in [1.29, 1.82) is 0 Å². The Morgan fingerprint density at radius 2 is 2.00 bits per heavy atom. The summed E-state index contributed by atoms with van der Waals surface area (Å²) in [6, 6.07) is 11.9. The zero-order valence-corrected chi connectivity index (χ0v) is 12.5. The van der Waals surface area contributed by atoms with E-state index in [0.29, 0.717) is 17.8 Å². The average molecular weight is 348 g/mol. The summed E-state index contributed by atoms with van der Waals surface area (Å²) in [5.41, 5.74) is 7.62. The van der Waals surface area contributed by atoms with Crippen LogP contribution in [0.3, 0.4) is 0 Å². The molecule has 0 aliphatic rings. The molecule has 0 saturated heterocycles. The number of nitrogens with zero attached hydrogens (tertiary/aromatic N) is 2. The number of aromatic nitrogens is 2. The largest absolute Gasteiger partial charge is 0.398 e. The van der Waals surface area contributed by atoms with Crippen LogP contribution in [0.1, 0.15) is 11.4 Å². The van der Waals surface area contributed by atoms with Gasteiger partial charge in [0.05, 0.1) is 5.56 Å². The molecule has 21 heavy (non-hydrogen) atoms. The monoisotopic (exact) mass is 347 g/mol. The van der Waals surface area contributed by atoms with Gasteiger partial charge in [0.2, 0.25) is 0 Å². The molecule has 0 radical (unpaired) electrons. The summed E-state index contributed by atoms with van der Waals surface area (Å²) in [5.74, 6) is 0.430. The van der Waals surface area contributed by atoms with E-state index >= 15 is 0 Å². The first kappa shape index (κ1) is 13.8. The Labute approximate surface area is 128 Å². The van der Waals surface area contributed by atoms with Crippen LogP contribution in [-0.4, -0.2) is 10.1 Å². The first-order valence-corrected chi connectivity index (χ1v) is 7.04. The smallest absolute Gasteiger partial charge is 0.260 e. The van der Waals surface area contributed by atoms with Gasteiger partial charge in [-0.1, -0.05) is 39.3 Å². The number of anilines is 1. The lowest BCUT2D eigenvalue weighted by molar-refractivity contribution is 0.424. The van der Waals surface area contributed by atoms with E-state index in [9.17, 15) is 4.39 Å². The van der Waals surface area contributed by atoms with Gasteiger partial charge in [0.15, 0.2) is 5.82 Å². The first-order chi connectivity index (χ1) is 10.1. The highest BCUT2D eigenvalue weighted by Gasteiger charge is 2.13. The summed E-state index contributed by atoms with van der Waals surface area (Å²) < 4.78 is 19.2. The molecule has 0 spiro atoms. The molecule has 0 unspecified atom stereocenters. The maximum atomic E-state index is 13.0. The zero-order valence-electron chi connectivity index (χ0n) is 10.9. The molecule has 1 heterocycles. The molecular weight excluding hydrogens is 337 g/mol. The molecule has 1 aromatic heterocycles. The zero-order chi connectivity index (χ0) is 14.8. The number of hydrogen-bond donors (Lipinski definition) is 1. The van der Waals surface area contributed by atoms with Gasteiger partial charge in [0.1, 0.15) is 5.82 Å². The van der Waals surface area contributed by atoms with Gasteiger partial charge in [-0.3, -0.25) is 0 Å². The molecule has 2 N–H and O–H groups in total. The first-order valence-electron chi connectivity index (χ1n) is 6.25. The molecule has 4 nitrogen and oxygen atoms in total. The van der Waals surface area contributed by atoms with E-state index in [1.807, 2.05) is 24.3 Å². The van der Waals surface area contributed by atoms with Crippen molar-refractivity contribution in [3.63, 3.8) is 0 Å². The molecule has 6 heteroatoms. The number of nitrogen functional groups attached to an aromatic ring is 1. The number of nitrogens with two attached hydrogens (primary N) is 1. The van der Waals surface area contributed by atoms with E-state index in [1.165, 1.54) is 18.2 Å². The maximum Gasteiger partial charge on any atom is 0.260 e. The van der Waals surface area contributed by atoms with Gasteiger partial charge >= 0.3 is 0 Å². The quantitative estimate of drug-likeness (QED) is 0.731. The van der Waals surface area contributed by atoms with Crippen LogP contribution in [0.5, 0.6) is 0 Å². The van der Waals surface area contributed by atoms with E-state index in [-0.39, 0.29) is 11.6 Å². The van der Waals surface area contributed by atoms with Crippen molar-refractivity contribution in [3.8, 4) is 11.5 Å². The summed E-state index contributed by atoms with van der Waals surface area (Å²) in [6.07, 6.45) is 0.534. The second kappa shape index (κ2) is 5.65. The minimum absolute atomic E-state index is 0.270. The topological polar surface area (TPSA) is 64.9 Å². The molecule has 2 aromatic carbocycles. The second-order valence-corrected chi connectivity index (χ2v) is 5.37. The SMILES string of the molecule is Nc1cc(F)ccc1-c1nc(Cc2ccccc2Br)no1. The highest BCUT2D eigenvalue weighted by atomic mass is 79.9. The van der Waals surface area contributed by atoms with Crippen LogP contribution < -0.4 is 5.73 Å². The molecule has 106 valence electrons. The molecule has 3 aromatic rings. The van der Waals surface area contributed by atoms with Gasteiger partial charge in [-0.2, -0.15) is 4.98 Å². The molecule has 0 saturated carbocycles. The molecule has 0 atom stereocenters. The summed E-state index contributed by atoms with van der Waals surface area (Å²) in [5, 5.41) is 3.94. The van der Waals surface area contributed by atoms with E-state index < -0.39 is 5.82 Å². The third kappa shape index (κ3) is 2.95. The predicted molar refractivity (Wildman–Crippen MR) is 81.1 cm³/mol. The van der Waals surface area contributed by atoms with E-state index in [1.54, 1.807) is 0 Å². The van der Waals surface area contributed by atoms with Crippen LogP contribution >= 0.6 is 15.9 Å². The Kier molecular flexibility index (Phi) is 3.70. The second-order valence-electron chi connectivity index (χ2n) is 4.52. The molecule has 0 amide bonds. The van der Waals surface area contributed by atoms with Crippen LogP contribution in [-0.2, 0) is 6.42 Å². The lowest BCUT2D eigenvalue weighted by Gasteiger charge is -2.00. The van der Waals surface area contributed by atoms with Crippen LogP contribution in [0.15, 0.2) is 51.5 Å². The summed E-state index contributed by atoms with van der Waals surface area (Å²) in [4.78, 5) is 4.31. The fraction of sp³-hybridized carbons (Fsp3) is 0.0667. The van der Waals surface area contributed by atoms with Crippen molar-refractivity contribution in [2.24, 2.45) is 0 Å². The summed E-state index contributed by atoms with van der Waals surface area (Å²) in [6.45, 7) is 0. The number of hydrogen-bond acceptors (Lipinski definition) is 4. The van der Waals surface area contributed by atoms with Gasteiger partial charge in [-0.05, 0) is 29.8 Å². The minimum atomic E-state index is -0.399. The average Bonchev–Trinajstić information content (AvgIpc) is 2.90. The van der Waals surface area contributed by atoms with E-state index in [0.717, 1.165) is 10.0 Å². The molecule has 0 aliphatic heterocycles. The highest BCUT2D eigenvalue weighted by molar-refractivity contribution is 9.10. The molecule has 0 aliphatic carbocycles. The lowest BCUT2D eigenvalue weighted by atomic mass is 10.1. The van der Waals surface area contributed by atoms with E-state index in [4.69, 9.17) is 10.3 Å². The van der Waals surface area contributed by atoms with Crippen molar-refractivity contribution in [2.75, 3.05) is 5.73 Å². The molecular formula is C15H11BrFN3O. The summed E-state index contributed by atoms with van der Waals surface area (Å²) in [7, 11) is 0. The fourth-order valence-corrected chi connectivity index (χ4v) is 2.40. The van der Waals surface area contributed by atoms with Crippen LogP contribution in [0, 0.1) is 5.82 Å². The lowest BCUT2D eigenvalue weighted by Crippen LogP contribution is -1.93. The Morgan fingerprint density at radius 3 is 2.76 bits per heavy atom. The predicted octanol–water partition coefficient (Wildman–Crippen LogP) is 3.81. The van der Waals surface area contributed by atoms with Gasteiger partial charge in [0.25, 0.3) is 5.89 Å². The van der Waals surface area contributed by atoms with Crippen molar-refractivity contribution in [3.05, 3.63) is 64.1 Å². The molecule has 3 rings (SSSR count). The number of halogens is 2. The molecule has 0 bridgehead atoms. The van der Waals surface area contributed by atoms with Gasteiger partial charge in [0, 0.05) is 16.6 Å². The standard InChI is InChI=1S/C15H11BrFN3O/c16-12-4-2-1-3-9(12)7-14-19-15(21-20-14)11-6-5-10(17)8-13(11)18/h1-6,8H,7,18H2. The van der Waals surface area contributed by atoms with Crippen LogP contribution in [0.2, 0.25) is 0 Å². The Morgan fingerprint density at radius 1 is 1.19 bits per heavy atom. The van der Waals surface area contributed by atoms with Crippen LogP contribution in [0.25, 0.3) is 11.5 Å². The Balaban J connectivity index is 1.88. The highest BCUT2D eigenvalue weighted by Crippen LogP contribution is 2.26. The molecule has 0 fully saturated rings. The van der Waals surface area contributed by atoms with Crippen LogP contribution in [0.4, 0.5) is 10.1 Å². The number of benzene rings is 2. The van der Waals surface area contributed by atoms with Gasteiger partial charge in [-0.15, -0.1) is 0 Å². The minimum Gasteiger partial charge on any atom is -0.398 e. The van der Waals surface area contributed by atoms with Crippen molar-refractivity contribution in [2.45, 2.75) is 6.42 Å².